The number of carbonyl (C=O) groups is 1. The van der Waals surface area contributed by atoms with Gasteiger partial charge in [0.1, 0.15) is 11.5 Å². The van der Waals surface area contributed by atoms with Crippen LogP contribution in [0.1, 0.15) is 10.4 Å². The number of halogens is 2. The van der Waals surface area contributed by atoms with Crippen molar-refractivity contribution in [3.8, 4) is 11.5 Å². The van der Waals surface area contributed by atoms with Crippen LogP contribution in [0.2, 0.25) is 10.0 Å². The van der Waals surface area contributed by atoms with Gasteiger partial charge in [-0.3, -0.25) is 4.79 Å². The fourth-order valence-electron chi connectivity index (χ4n) is 1.80. The van der Waals surface area contributed by atoms with Crippen molar-refractivity contribution in [1.29, 1.82) is 0 Å². The van der Waals surface area contributed by atoms with E-state index in [-0.39, 0.29) is 33.0 Å². The van der Waals surface area contributed by atoms with Crippen molar-refractivity contribution >= 4 is 61.5 Å². The minimum absolute atomic E-state index is 0. The molecular formula is C15H13Cl2LiO3P. The summed E-state index contributed by atoms with van der Waals surface area (Å²) in [5, 5.41) is 1.49. The first-order chi connectivity index (χ1) is 10.1. The zero-order valence-corrected chi connectivity index (χ0v) is 15.0. The number of hydrogen-bond acceptors (Lipinski definition) is 3. The number of ether oxygens (including phenoxy) is 2. The van der Waals surface area contributed by atoms with Crippen LogP contribution in [-0.2, 0) is 0 Å². The Morgan fingerprint density at radius 2 is 1.68 bits per heavy atom. The van der Waals surface area contributed by atoms with Gasteiger partial charge in [-0.1, -0.05) is 29.3 Å². The maximum Gasteiger partial charge on any atom is 0.188 e. The Kier molecular flexibility index (Phi) is 7.76. The molecule has 111 valence electrons. The van der Waals surface area contributed by atoms with Crippen LogP contribution in [0.5, 0.6) is 11.5 Å². The number of hydrogen-bond donors (Lipinski definition) is 0. The first kappa shape index (κ1) is 19.4. The van der Waals surface area contributed by atoms with Gasteiger partial charge in [0.2, 0.25) is 0 Å². The minimum Gasteiger partial charge on any atom is -0.497 e. The minimum atomic E-state index is -0.136. The van der Waals surface area contributed by atoms with Gasteiger partial charge in [-0.25, -0.2) is 0 Å². The zero-order chi connectivity index (χ0) is 15.4. The Bertz CT molecular complexity index is 660. The first-order valence-electron chi connectivity index (χ1n) is 6.04. The molecule has 0 saturated carbocycles. The van der Waals surface area contributed by atoms with Gasteiger partial charge in [-0.05, 0) is 32.8 Å². The zero-order valence-electron chi connectivity index (χ0n) is 12.4. The van der Waals surface area contributed by atoms with E-state index in [0.717, 1.165) is 5.30 Å². The third-order valence-electron chi connectivity index (χ3n) is 2.85. The van der Waals surface area contributed by atoms with Crippen molar-refractivity contribution < 1.29 is 14.3 Å². The van der Waals surface area contributed by atoms with E-state index in [9.17, 15) is 4.79 Å². The van der Waals surface area contributed by atoms with Gasteiger partial charge >= 0.3 is 0 Å². The maximum atomic E-state index is 12.4. The van der Waals surface area contributed by atoms with Gasteiger partial charge in [0.25, 0.3) is 0 Å². The molecule has 2 rings (SSSR count). The van der Waals surface area contributed by atoms with E-state index in [1.165, 1.54) is 0 Å². The van der Waals surface area contributed by atoms with Crippen LogP contribution in [0.15, 0.2) is 36.4 Å². The Morgan fingerprint density at radius 1 is 1.05 bits per heavy atom. The molecule has 0 amide bonds. The van der Waals surface area contributed by atoms with Gasteiger partial charge in [0, 0.05) is 30.2 Å². The van der Waals surface area contributed by atoms with Gasteiger partial charge in [0.15, 0.2) is 5.52 Å². The van der Waals surface area contributed by atoms with E-state index in [2.05, 4.69) is 0 Å². The molecule has 0 aromatic heterocycles. The second kappa shape index (κ2) is 8.82. The molecule has 0 N–H and O–H groups in total. The topological polar surface area (TPSA) is 35.5 Å². The quantitative estimate of drug-likeness (QED) is 0.608. The molecule has 0 saturated heterocycles. The SMILES string of the molecule is COc1ccc(PC(=O)c2c(Cl)cccc2Cl)c(OC)c1.[Li]. The maximum absolute atomic E-state index is 12.4. The fourth-order valence-corrected chi connectivity index (χ4v) is 3.63. The van der Waals surface area contributed by atoms with Crippen molar-refractivity contribution in [2.24, 2.45) is 0 Å². The molecular weight excluding hydrogens is 337 g/mol. The van der Waals surface area contributed by atoms with Gasteiger partial charge < -0.3 is 9.47 Å². The van der Waals surface area contributed by atoms with Crippen molar-refractivity contribution in [2.75, 3.05) is 14.2 Å². The summed E-state index contributed by atoms with van der Waals surface area (Å²) in [6.07, 6.45) is 0. The van der Waals surface area contributed by atoms with Crippen LogP contribution in [0.25, 0.3) is 0 Å². The molecule has 0 fully saturated rings. The van der Waals surface area contributed by atoms with Crippen molar-refractivity contribution in [3.63, 3.8) is 0 Å². The summed E-state index contributed by atoms with van der Waals surface area (Å²) in [6.45, 7) is 0. The van der Waals surface area contributed by atoms with E-state index in [1.807, 2.05) is 0 Å². The number of methoxy groups -OCH3 is 2. The van der Waals surface area contributed by atoms with Gasteiger partial charge in [-0.15, -0.1) is 0 Å². The van der Waals surface area contributed by atoms with Crippen molar-refractivity contribution in [2.45, 2.75) is 0 Å². The first-order valence-corrected chi connectivity index (χ1v) is 7.79. The summed E-state index contributed by atoms with van der Waals surface area (Å²) in [5.41, 5.74) is 0.214. The molecule has 0 aliphatic heterocycles. The van der Waals surface area contributed by atoms with Crippen LogP contribution < -0.4 is 14.8 Å². The second-order valence-electron chi connectivity index (χ2n) is 4.12. The molecule has 7 heteroatoms. The molecule has 0 bridgehead atoms. The molecule has 22 heavy (non-hydrogen) atoms. The Labute approximate surface area is 153 Å². The van der Waals surface area contributed by atoms with E-state index < -0.39 is 0 Å². The summed E-state index contributed by atoms with van der Waals surface area (Å²) in [7, 11) is 2.99. The molecule has 2 aromatic carbocycles. The normalized spacial score (nSPS) is 10.4. The summed E-state index contributed by atoms with van der Waals surface area (Å²) < 4.78 is 10.4. The van der Waals surface area contributed by atoms with Crippen LogP contribution in [-0.4, -0.2) is 38.6 Å². The van der Waals surface area contributed by atoms with Crippen LogP contribution >= 0.6 is 31.8 Å². The van der Waals surface area contributed by atoms with Crippen molar-refractivity contribution in [3.05, 3.63) is 52.0 Å². The smallest absolute Gasteiger partial charge is 0.188 e. The Morgan fingerprint density at radius 3 is 2.23 bits per heavy atom. The average Bonchev–Trinajstić information content (AvgIpc) is 2.47. The Balaban J connectivity index is 0.00000242. The second-order valence-corrected chi connectivity index (χ2v) is 6.17. The largest absolute Gasteiger partial charge is 0.497 e. The van der Waals surface area contributed by atoms with Gasteiger partial charge in [0.05, 0.1) is 29.8 Å². The molecule has 1 unspecified atom stereocenters. The van der Waals surface area contributed by atoms with E-state index in [0.29, 0.717) is 27.1 Å². The van der Waals surface area contributed by atoms with Crippen LogP contribution in [0.4, 0.5) is 0 Å². The van der Waals surface area contributed by atoms with Gasteiger partial charge in [-0.2, -0.15) is 0 Å². The summed E-state index contributed by atoms with van der Waals surface area (Å²) >= 11 is 12.1. The van der Waals surface area contributed by atoms with Crippen molar-refractivity contribution in [1.82, 2.24) is 0 Å². The molecule has 0 aliphatic carbocycles. The van der Waals surface area contributed by atoms with Crippen LogP contribution in [0.3, 0.4) is 0 Å². The summed E-state index contributed by atoms with van der Waals surface area (Å²) in [4.78, 5) is 12.4. The number of carbonyl (C=O) groups excluding carboxylic acids is 1. The number of benzene rings is 2. The van der Waals surface area contributed by atoms with Crippen LogP contribution in [0, 0.1) is 0 Å². The molecule has 0 heterocycles. The monoisotopic (exact) mass is 349 g/mol. The molecule has 0 aliphatic rings. The predicted octanol–water partition coefficient (Wildman–Crippen LogP) is 3.77. The number of rotatable bonds is 5. The van der Waals surface area contributed by atoms with E-state index in [4.69, 9.17) is 32.7 Å². The molecule has 1 radical (unpaired) electrons. The summed E-state index contributed by atoms with van der Waals surface area (Å²) in [5.74, 6) is 1.27. The summed E-state index contributed by atoms with van der Waals surface area (Å²) in [6, 6.07) is 10.3. The molecule has 1 atom stereocenters. The molecule has 0 spiro atoms. The molecule has 2 aromatic rings. The third-order valence-corrected chi connectivity index (χ3v) is 4.64. The predicted molar refractivity (Wildman–Crippen MR) is 94.0 cm³/mol. The average molecular weight is 350 g/mol. The fraction of sp³-hybridized carbons (Fsp3) is 0.133. The molecule has 3 nitrogen and oxygen atoms in total. The third kappa shape index (κ3) is 4.41. The van der Waals surface area contributed by atoms with E-state index >= 15 is 0 Å². The standard InChI is InChI=1S/C15H13Cl2O3P.Li/c1-19-9-6-7-13(12(8-9)20-2)21-15(18)14-10(16)4-3-5-11(14)17;/h3-8,21H,1-2H3;. The Hall–Kier alpha value is -0.683. The van der Waals surface area contributed by atoms with E-state index in [1.54, 1.807) is 50.6 Å².